The van der Waals surface area contributed by atoms with Crippen LogP contribution < -0.4 is 4.90 Å². The lowest BCUT2D eigenvalue weighted by atomic mass is 10.2. The number of nitro groups is 1. The Labute approximate surface area is 131 Å². The van der Waals surface area contributed by atoms with Gasteiger partial charge in [0.1, 0.15) is 23.4 Å². The van der Waals surface area contributed by atoms with Gasteiger partial charge in [-0.15, -0.1) is 0 Å². The van der Waals surface area contributed by atoms with Gasteiger partial charge in [0.05, 0.1) is 24.1 Å². The van der Waals surface area contributed by atoms with Crippen molar-refractivity contribution in [3.63, 3.8) is 0 Å². The Bertz CT molecular complexity index is 720. The third-order valence-corrected chi connectivity index (χ3v) is 3.71. The fourth-order valence-electron chi connectivity index (χ4n) is 2.55. The SMILES string of the molecule is CCc1nc(C2CN(c3ccc(F)cc3[N+](=O)[O-])CCO2)n[nH]1. The molecule has 1 aromatic carbocycles. The topological polar surface area (TPSA) is 97.2 Å². The minimum atomic E-state index is -0.633. The van der Waals surface area contributed by atoms with Crippen LogP contribution in [0, 0.1) is 15.9 Å². The molecule has 9 heteroatoms. The van der Waals surface area contributed by atoms with Gasteiger partial charge in [0.2, 0.25) is 0 Å². The molecule has 1 aliphatic heterocycles. The van der Waals surface area contributed by atoms with Crippen LogP contribution in [0.5, 0.6) is 0 Å². The lowest BCUT2D eigenvalue weighted by molar-refractivity contribution is -0.384. The van der Waals surface area contributed by atoms with Crippen LogP contribution in [0.1, 0.15) is 24.7 Å². The van der Waals surface area contributed by atoms with E-state index >= 15 is 0 Å². The molecule has 1 aromatic heterocycles. The van der Waals surface area contributed by atoms with E-state index in [0.29, 0.717) is 31.2 Å². The molecule has 122 valence electrons. The molecule has 1 saturated heterocycles. The van der Waals surface area contributed by atoms with Gasteiger partial charge in [0, 0.05) is 13.0 Å². The van der Waals surface area contributed by atoms with Crippen molar-refractivity contribution < 1.29 is 14.1 Å². The molecule has 1 fully saturated rings. The monoisotopic (exact) mass is 321 g/mol. The maximum absolute atomic E-state index is 13.3. The van der Waals surface area contributed by atoms with Gasteiger partial charge in [-0.25, -0.2) is 9.37 Å². The number of nitrogens with zero attached hydrogens (tertiary/aromatic N) is 4. The van der Waals surface area contributed by atoms with E-state index in [4.69, 9.17) is 4.74 Å². The maximum atomic E-state index is 13.3. The molecule has 1 N–H and O–H groups in total. The predicted octanol–water partition coefficient (Wildman–Crippen LogP) is 1.99. The van der Waals surface area contributed by atoms with E-state index in [1.54, 1.807) is 4.90 Å². The highest BCUT2D eigenvalue weighted by molar-refractivity contribution is 5.63. The zero-order chi connectivity index (χ0) is 16.4. The number of morpholine rings is 1. The van der Waals surface area contributed by atoms with E-state index in [1.807, 2.05) is 6.92 Å². The number of H-pyrrole nitrogens is 1. The van der Waals surface area contributed by atoms with Gasteiger partial charge in [0.15, 0.2) is 5.82 Å². The van der Waals surface area contributed by atoms with Crippen LogP contribution in [0.25, 0.3) is 0 Å². The summed E-state index contributed by atoms with van der Waals surface area (Å²) in [5, 5.41) is 18.1. The first-order valence-corrected chi connectivity index (χ1v) is 7.30. The Morgan fingerprint density at radius 3 is 3.09 bits per heavy atom. The lowest BCUT2D eigenvalue weighted by Crippen LogP contribution is -2.39. The number of aryl methyl sites for hydroxylation is 1. The van der Waals surface area contributed by atoms with Crippen LogP contribution in [0.3, 0.4) is 0 Å². The highest BCUT2D eigenvalue weighted by Gasteiger charge is 2.29. The van der Waals surface area contributed by atoms with E-state index in [9.17, 15) is 14.5 Å². The number of rotatable bonds is 4. The highest BCUT2D eigenvalue weighted by Crippen LogP contribution is 2.32. The zero-order valence-electron chi connectivity index (χ0n) is 12.5. The number of halogens is 1. The van der Waals surface area contributed by atoms with Gasteiger partial charge in [-0.05, 0) is 12.1 Å². The zero-order valence-corrected chi connectivity index (χ0v) is 12.5. The first kappa shape index (κ1) is 15.3. The Kier molecular flexibility index (Phi) is 4.20. The van der Waals surface area contributed by atoms with Crippen molar-refractivity contribution in [2.45, 2.75) is 19.4 Å². The van der Waals surface area contributed by atoms with Gasteiger partial charge < -0.3 is 9.64 Å². The summed E-state index contributed by atoms with van der Waals surface area (Å²) >= 11 is 0. The van der Waals surface area contributed by atoms with E-state index in [0.717, 1.165) is 18.3 Å². The summed E-state index contributed by atoms with van der Waals surface area (Å²) in [6.07, 6.45) is 0.345. The van der Waals surface area contributed by atoms with Crippen molar-refractivity contribution in [3.8, 4) is 0 Å². The molecule has 1 unspecified atom stereocenters. The number of hydrogen-bond acceptors (Lipinski definition) is 6. The van der Waals surface area contributed by atoms with Crippen LogP contribution in [-0.2, 0) is 11.2 Å². The average Bonchev–Trinajstić information content (AvgIpc) is 3.04. The molecule has 2 aromatic rings. The summed E-state index contributed by atoms with van der Waals surface area (Å²) in [6, 6.07) is 3.57. The quantitative estimate of drug-likeness (QED) is 0.683. The lowest BCUT2D eigenvalue weighted by Gasteiger charge is -2.32. The standard InChI is InChI=1S/C14H16FN5O3/c1-2-13-16-14(18-17-13)12-8-19(5-6-23-12)10-4-3-9(15)7-11(10)20(21)22/h3-4,7,12H,2,5-6,8H2,1H3,(H,16,17,18). The summed E-state index contributed by atoms with van der Waals surface area (Å²) in [5.41, 5.74) is 0.117. The molecule has 0 amide bonds. The first-order valence-electron chi connectivity index (χ1n) is 7.30. The number of nitro benzene ring substituents is 1. The molecule has 0 spiro atoms. The third-order valence-electron chi connectivity index (χ3n) is 3.71. The van der Waals surface area contributed by atoms with Crippen LogP contribution >= 0.6 is 0 Å². The number of aromatic nitrogens is 3. The molecule has 0 bridgehead atoms. The summed E-state index contributed by atoms with van der Waals surface area (Å²) in [4.78, 5) is 16.7. The molecular formula is C14H16FN5O3. The first-order chi connectivity index (χ1) is 11.1. The Hall–Kier alpha value is -2.55. The van der Waals surface area contributed by atoms with Crippen molar-refractivity contribution in [3.05, 3.63) is 45.8 Å². The normalized spacial score (nSPS) is 18.2. The number of anilines is 1. The molecule has 1 atom stereocenters. The fraction of sp³-hybridized carbons (Fsp3) is 0.429. The van der Waals surface area contributed by atoms with Crippen LogP contribution in [0.2, 0.25) is 0 Å². The minimum Gasteiger partial charge on any atom is -0.366 e. The van der Waals surface area contributed by atoms with Crippen molar-refractivity contribution in [1.82, 2.24) is 15.2 Å². The Morgan fingerprint density at radius 1 is 1.57 bits per heavy atom. The van der Waals surface area contributed by atoms with Crippen molar-refractivity contribution in [2.24, 2.45) is 0 Å². The number of benzene rings is 1. The molecule has 1 aliphatic rings. The predicted molar refractivity (Wildman–Crippen MR) is 79.7 cm³/mol. The van der Waals surface area contributed by atoms with Gasteiger partial charge in [-0.1, -0.05) is 6.92 Å². The maximum Gasteiger partial charge on any atom is 0.295 e. The third kappa shape index (κ3) is 3.14. The Morgan fingerprint density at radius 2 is 2.39 bits per heavy atom. The largest absolute Gasteiger partial charge is 0.366 e. The summed E-state index contributed by atoms with van der Waals surface area (Å²) < 4.78 is 19.0. The summed E-state index contributed by atoms with van der Waals surface area (Å²) in [7, 11) is 0. The van der Waals surface area contributed by atoms with Gasteiger partial charge in [-0.2, -0.15) is 5.10 Å². The van der Waals surface area contributed by atoms with E-state index in [2.05, 4.69) is 15.2 Å². The molecule has 2 heterocycles. The second-order valence-electron chi connectivity index (χ2n) is 5.19. The van der Waals surface area contributed by atoms with Crippen LogP contribution in [0.15, 0.2) is 18.2 Å². The van der Waals surface area contributed by atoms with Crippen LogP contribution in [-0.4, -0.2) is 39.8 Å². The van der Waals surface area contributed by atoms with Crippen molar-refractivity contribution in [2.75, 3.05) is 24.6 Å². The number of ether oxygens (including phenoxy) is 1. The Balaban J connectivity index is 1.85. The number of aromatic amines is 1. The summed E-state index contributed by atoms with van der Waals surface area (Å²) in [5.74, 6) is 0.650. The summed E-state index contributed by atoms with van der Waals surface area (Å²) in [6.45, 7) is 3.19. The van der Waals surface area contributed by atoms with Gasteiger partial charge in [-0.3, -0.25) is 15.2 Å². The smallest absolute Gasteiger partial charge is 0.295 e. The molecule has 0 radical (unpaired) electrons. The van der Waals surface area contributed by atoms with Crippen LogP contribution in [0.4, 0.5) is 15.8 Å². The molecule has 8 nitrogen and oxygen atoms in total. The highest BCUT2D eigenvalue weighted by atomic mass is 19.1. The van der Waals surface area contributed by atoms with Crippen molar-refractivity contribution in [1.29, 1.82) is 0 Å². The molecular weight excluding hydrogens is 305 g/mol. The van der Waals surface area contributed by atoms with E-state index < -0.39 is 10.7 Å². The van der Waals surface area contributed by atoms with Gasteiger partial charge >= 0.3 is 0 Å². The molecule has 3 rings (SSSR count). The second kappa shape index (κ2) is 6.29. The number of nitrogens with one attached hydrogen (secondary N) is 1. The number of hydrogen-bond donors (Lipinski definition) is 1. The minimum absolute atomic E-state index is 0.255. The second-order valence-corrected chi connectivity index (χ2v) is 5.19. The molecule has 0 saturated carbocycles. The van der Waals surface area contributed by atoms with E-state index in [1.165, 1.54) is 12.1 Å². The molecule has 23 heavy (non-hydrogen) atoms. The van der Waals surface area contributed by atoms with Gasteiger partial charge in [0.25, 0.3) is 5.69 Å². The van der Waals surface area contributed by atoms with Crippen molar-refractivity contribution >= 4 is 11.4 Å². The van der Waals surface area contributed by atoms with E-state index in [-0.39, 0.29) is 11.8 Å². The fourth-order valence-corrected chi connectivity index (χ4v) is 2.55. The molecule has 0 aliphatic carbocycles. The average molecular weight is 321 g/mol.